The van der Waals surface area contributed by atoms with Crippen LogP contribution < -0.4 is 0 Å². The van der Waals surface area contributed by atoms with E-state index in [9.17, 15) is 14.0 Å². The minimum atomic E-state index is -0.298. The highest BCUT2D eigenvalue weighted by Gasteiger charge is 2.23. The Kier molecular flexibility index (Phi) is 6.01. The van der Waals surface area contributed by atoms with Crippen LogP contribution in [0.2, 0.25) is 0 Å². The van der Waals surface area contributed by atoms with E-state index in [1.807, 2.05) is 36.9 Å². The second-order valence-electron chi connectivity index (χ2n) is 7.20. The summed E-state index contributed by atoms with van der Waals surface area (Å²) < 4.78 is 13.0. The molecule has 0 atom stereocenters. The fourth-order valence-corrected chi connectivity index (χ4v) is 3.46. The number of carbonyl (C=O) groups excluding carboxylic acids is 2. The van der Waals surface area contributed by atoms with Gasteiger partial charge in [-0.25, -0.2) is 4.39 Å². The largest absolute Gasteiger partial charge is 0.340 e. The molecule has 27 heavy (non-hydrogen) atoms. The number of hydrogen-bond donors (Lipinski definition) is 0. The topological polar surface area (TPSA) is 40.6 Å². The summed E-state index contributed by atoms with van der Waals surface area (Å²) in [4.78, 5) is 28.9. The third-order valence-corrected chi connectivity index (χ3v) is 5.04. The summed E-state index contributed by atoms with van der Waals surface area (Å²) in [5.74, 6) is -0.131. The quantitative estimate of drug-likeness (QED) is 0.762. The minimum absolute atomic E-state index is 0.0435. The maximum atomic E-state index is 13.0. The van der Waals surface area contributed by atoms with Crippen LogP contribution in [-0.4, -0.2) is 54.2 Å². The first-order chi connectivity index (χ1) is 12.9. The van der Waals surface area contributed by atoms with Crippen LogP contribution in [-0.2, 0) is 11.2 Å². The van der Waals surface area contributed by atoms with E-state index in [2.05, 4.69) is 4.90 Å². The van der Waals surface area contributed by atoms with E-state index in [0.717, 1.165) is 22.3 Å². The Morgan fingerprint density at radius 3 is 2.26 bits per heavy atom. The van der Waals surface area contributed by atoms with Crippen molar-refractivity contribution >= 4 is 11.7 Å². The van der Waals surface area contributed by atoms with Crippen molar-refractivity contribution in [2.24, 2.45) is 0 Å². The molecular formula is C22H25FN2O2. The number of hydrogen-bond acceptors (Lipinski definition) is 3. The molecular weight excluding hydrogens is 343 g/mol. The lowest BCUT2D eigenvalue weighted by Crippen LogP contribution is -2.50. The Labute approximate surface area is 159 Å². The predicted molar refractivity (Wildman–Crippen MR) is 103 cm³/mol. The molecule has 142 valence electrons. The van der Waals surface area contributed by atoms with Crippen LogP contribution in [0.5, 0.6) is 0 Å². The lowest BCUT2D eigenvalue weighted by molar-refractivity contribution is -0.132. The van der Waals surface area contributed by atoms with Crippen molar-refractivity contribution in [3.05, 3.63) is 70.5 Å². The Bertz CT molecular complexity index is 825. The smallest absolute Gasteiger partial charge is 0.227 e. The summed E-state index contributed by atoms with van der Waals surface area (Å²) in [6, 6.07) is 11.9. The molecule has 0 aliphatic carbocycles. The zero-order valence-corrected chi connectivity index (χ0v) is 15.9. The molecule has 3 rings (SSSR count). The van der Waals surface area contributed by atoms with E-state index in [4.69, 9.17) is 0 Å². The summed E-state index contributed by atoms with van der Waals surface area (Å²) in [6.07, 6.45) is 0.280. The molecule has 1 heterocycles. The van der Waals surface area contributed by atoms with Crippen molar-refractivity contribution in [1.29, 1.82) is 0 Å². The molecule has 0 radical (unpaired) electrons. The van der Waals surface area contributed by atoms with Gasteiger partial charge in [0.25, 0.3) is 0 Å². The van der Waals surface area contributed by atoms with E-state index in [1.165, 1.54) is 12.1 Å². The van der Waals surface area contributed by atoms with Gasteiger partial charge >= 0.3 is 0 Å². The molecule has 0 unspecified atom stereocenters. The normalized spacial score (nSPS) is 15.0. The van der Waals surface area contributed by atoms with Gasteiger partial charge < -0.3 is 4.90 Å². The number of benzene rings is 2. The van der Waals surface area contributed by atoms with Crippen LogP contribution >= 0.6 is 0 Å². The lowest BCUT2D eigenvalue weighted by Gasteiger charge is -2.34. The molecule has 4 nitrogen and oxygen atoms in total. The number of amides is 1. The zero-order valence-electron chi connectivity index (χ0n) is 15.9. The summed E-state index contributed by atoms with van der Waals surface area (Å²) in [5.41, 5.74) is 3.75. The van der Waals surface area contributed by atoms with E-state index in [1.54, 1.807) is 12.1 Å². The van der Waals surface area contributed by atoms with Gasteiger partial charge in [0.15, 0.2) is 5.78 Å². The van der Waals surface area contributed by atoms with Gasteiger partial charge in [-0.15, -0.1) is 0 Å². The highest BCUT2D eigenvalue weighted by molar-refractivity contribution is 5.99. The van der Waals surface area contributed by atoms with E-state index >= 15 is 0 Å². The summed E-state index contributed by atoms with van der Waals surface area (Å²) >= 11 is 0. The first-order valence-electron chi connectivity index (χ1n) is 9.27. The number of rotatable bonds is 5. The van der Waals surface area contributed by atoms with Crippen LogP contribution in [0.25, 0.3) is 0 Å². The molecule has 2 aromatic carbocycles. The maximum Gasteiger partial charge on any atom is 0.227 e. The number of ketones is 1. The summed E-state index contributed by atoms with van der Waals surface area (Å²) in [7, 11) is 0. The fraction of sp³-hybridized carbons (Fsp3) is 0.364. The molecule has 1 aliphatic rings. The summed E-state index contributed by atoms with van der Waals surface area (Å²) in [6.45, 7) is 6.96. The number of piperazine rings is 1. The number of halogens is 1. The molecule has 2 aromatic rings. The molecule has 0 bridgehead atoms. The molecule has 1 saturated heterocycles. The second-order valence-corrected chi connectivity index (χ2v) is 7.20. The van der Waals surface area contributed by atoms with Crippen molar-refractivity contribution in [3.8, 4) is 0 Å². The van der Waals surface area contributed by atoms with Gasteiger partial charge in [0.1, 0.15) is 5.82 Å². The standard InChI is InChI=1S/C22H25FN2O2/c1-16-3-8-20(17(2)13-16)21(26)15-24-9-11-25(12-10-24)22(27)14-18-4-6-19(23)7-5-18/h3-8,13H,9-12,14-15H2,1-2H3. The summed E-state index contributed by atoms with van der Waals surface area (Å²) in [5, 5.41) is 0. The van der Waals surface area contributed by atoms with Crippen LogP contribution in [0.1, 0.15) is 27.0 Å². The molecule has 0 N–H and O–H groups in total. The highest BCUT2D eigenvalue weighted by atomic mass is 19.1. The zero-order chi connectivity index (χ0) is 19.4. The lowest BCUT2D eigenvalue weighted by atomic mass is 10.0. The molecule has 1 fully saturated rings. The van der Waals surface area contributed by atoms with Crippen molar-refractivity contribution in [2.75, 3.05) is 32.7 Å². The van der Waals surface area contributed by atoms with Crippen molar-refractivity contribution in [2.45, 2.75) is 20.3 Å². The second kappa shape index (κ2) is 8.44. The molecule has 0 spiro atoms. The first-order valence-corrected chi connectivity index (χ1v) is 9.27. The average molecular weight is 368 g/mol. The van der Waals surface area contributed by atoms with Gasteiger partial charge in [0.05, 0.1) is 13.0 Å². The average Bonchev–Trinajstić information content (AvgIpc) is 2.64. The maximum absolute atomic E-state index is 13.0. The van der Waals surface area contributed by atoms with Crippen molar-refractivity contribution in [3.63, 3.8) is 0 Å². The highest BCUT2D eigenvalue weighted by Crippen LogP contribution is 2.13. The Hall–Kier alpha value is -2.53. The minimum Gasteiger partial charge on any atom is -0.340 e. The number of carbonyl (C=O) groups is 2. The molecule has 0 aromatic heterocycles. The van der Waals surface area contributed by atoms with Gasteiger partial charge in [-0.1, -0.05) is 35.9 Å². The van der Waals surface area contributed by atoms with Crippen molar-refractivity contribution in [1.82, 2.24) is 9.80 Å². The SMILES string of the molecule is Cc1ccc(C(=O)CN2CCN(C(=O)Cc3ccc(F)cc3)CC2)c(C)c1. The van der Waals surface area contributed by atoms with Crippen LogP contribution in [0.3, 0.4) is 0 Å². The van der Waals surface area contributed by atoms with Crippen LogP contribution in [0.15, 0.2) is 42.5 Å². The number of aryl methyl sites for hydroxylation is 2. The molecule has 1 aliphatic heterocycles. The Balaban J connectivity index is 1.50. The first kappa shape index (κ1) is 19.2. The molecule has 0 saturated carbocycles. The Morgan fingerprint density at radius 2 is 1.63 bits per heavy atom. The number of nitrogens with zero attached hydrogens (tertiary/aromatic N) is 2. The van der Waals surface area contributed by atoms with Gasteiger partial charge in [-0.2, -0.15) is 0 Å². The third-order valence-electron chi connectivity index (χ3n) is 5.04. The van der Waals surface area contributed by atoms with Gasteiger partial charge in [0.2, 0.25) is 5.91 Å². The monoisotopic (exact) mass is 368 g/mol. The van der Waals surface area contributed by atoms with Gasteiger partial charge in [-0.05, 0) is 37.1 Å². The molecule has 1 amide bonds. The van der Waals surface area contributed by atoms with E-state index in [0.29, 0.717) is 32.7 Å². The third kappa shape index (κ3) is 5.01. The van der Waals surface area contributed by atoms with Gasteiger partial charge in [-0.3, -0.25) is 14.5 Å². The molecule has 5 heteroatoms. The number of Topliss-reactive ketones (excluding diaryl/α,β-unsaturated/α-hetero) is 1. The van der Waals surface area contributed by atoms with Crippen LogP contribution in [0.4, 0.5) is 4.39 Å². The van der Waals surface area contributed by atoms with Gasteiger partial charge in [0, 0.05) is 31.7 Å². The van der Waals surface area contributed by atoms with E-state index < -0.39 is 0 Å². The Morgan fingerprint density at radius 1 is 0.963 bits per heavy atom. The van der Waals surface area contributed by atoms with Crippen molar-refractivity contribution < 1.29 is 14.0 Å². The predicted octanol–water partition coefficient (Wildman–Crippen LogP) is 3.01. The van der Waals surface area contributed by atoms with Crippen LogP contribution in [0, 0.1) is 19.7 Å². The van der Waals surface area contributed by atoms with E-state index in [-0.39, 0.29) is 23.9 Å². The fourth-order valence-electron chi connectivity index (χ4n) is 3.46.